The number of para-hydroxylation sites is 1. The van der Waals surface area contributed by atoms with Crippen LogP contribution in [-0.2, 0) is 6.42 Å². The van der Waals surface area contributed by atoms with Crippen LogP contribution in [-0.4, -0.2) is 18.8 Å². The van der Waals surface area contributed by atoms with Gasteiger partial charge in [0.25, 0.3) is 0 Å². The molecule has 1 rings (SSSR count). The number of methoxy groups -OCH3 is 1. The van der Waals surface area contributed by atoms with Crippen molar-refractivity contribution in [1.29, 1.82) is 0 Å². The molecule has 3 heteroatoms. The van der Waals surface area contributed by atoms with Gasteiger partial charge >= 0.3 is 0 Å². The van der Waals surface area contributed by atoms with Crippen molar-refractivity contribution in [1.82, 2.24) is 0 Å². The number of benzene rings is 1. The zero-order chi connectivity index (χ0) is 11.3. The molecule has 1 atom stereocenters. The normalized spacial score (nSPS) is 12.5. The Morgan fingerprint density at radius 2 is 2.20 bits per heavy atom. The predicted octanol–water partition coefficient (Wildman–Crippen LogP) is 1.93. The molecule has 0 aliphatic heterocycles. The Morgan fingerprint density at radius 3 is 2.80 bits per heavy atom. The maximum Gasteiger partial charge on any atom is 0.160 e. The van der Waals surface area contributed by atoms with Crippen LogP contribution in [0.1, 0.15) is 18.9 Å². The summed E-state index contributed by atoms with van der Waals surface area (Å²) >= 11 is 0. The van der Waals surface area contributed by atoms with E-state index in [0.717, 1.165) is 18.4 Å². The van der Waals surface area contributed by atoms with E-state index in [1.54, 1.807) is 13.2 Å². The second-order valence-electron chi connectivity index (χ2n) is 3.85. The summed E-state index contributed by atoms with van der Waals surface area (Å²) in [6.45, 7) is 2.82. The van der Waals surface area contributed by atoms with Gasteiger partial charge in [0, 0.05) is 0 Å². The first kappa shape index (κ1) is 11.9. The number of ether oxygens (including phenoxy) is 1. The lowest BCUT2D eigenvalue weighted by Crippen LogP contribution is -2.08. The second-order valence-corrected chi connectivity index (χ2v) is 3.85. The van der Waals surface area contributed by atoms with E-state index < -0.39 is 0 Å². The van der Waals surface area contributed by atoms with E-state index in [4.69, 9.17) is 10.5 Å². The van der Waals surface area contributed by atoms with Gasteiger partial charge in [0.1, 0.15) is 0 Å². The van der Waals surface area contributed by atoms with E-state index in [9.17, 15) is 5.11 Å². The lowest BCUT2D eigenvalue weighted by atomic mass is 9.97. The molecule has 0 spiro atoms. The summed E-state index contributed by atoms with van der Waals surface area (Å²) in [5, 5.41) is 9.85. The number of phenolic OH excluding ortho intramolecular Hbond substituents is 1. The molecule has 0 saturated carbocycles. The minimum absolute atomic E-state index is 0.254. The van der Waals surface area contributed by atoms with Crippen LogP contribution in [0.15, 0.2) is 18.2 Å². The summed E-state index contributed by atoms with van der Waals surface area (Å²) in [5.41, 5.74) is 6.42. The molecular weight excluding hydrogens is 190 g/mol. The zero-order valence-corrected chi connectivity index (χ0v) is 9.36. The maximum atomic E-state index is 9.85. The predicted molar refractivity (Wildman–Crippen MR) is 61.2 cm³/mol. The van der Waals surface area contributed by atoms with Crippen LogP contribution >= 0.6 is 0 Å². The molecule has 3 nitrogen and oxygen atoms in total. The van der Waals surface area contributed by atoms with Crippen LogP contribution in [0, 0.1) is 5.92 Å². The Labute approximate surface area is 90.9 Å². The van der Waals surface area contributed by atoms with Gasteiger partial charge in [0.05, 0.1) is 7.11 Å². The summed E-state index contributed by atoms with van der Waals surface area (Å²) in [4.78, 5) is 0. The monoisotopic (exact) mass is 209 g/mol. The molecule has 0 aromatic heterocycles. The van der Waals surface area contributed by atoms with Crippen LogP contribution in [0.25, 0.3) is 0 Å². The molecule has 0 aliphatic carbocycles. The van der Waals surface area contributed by atoms with Crippen molar-refractivity contribution < 1.29 is 9.84 Å². The first-order valence-electron chi connectivity index (χ1n) is 5.24. The van der Waals surface area contributed by atoms with Crippen molar-refractivity contribution >= 4 is 0 Å². The summed E-state index contributed by atoms with van der Waals surface area (Å²) in [5.74, 6) is 1.27. The SMILES string of the molecule is COc1cccc(CC(C)CCN)c1O. The summed E-state index contributed by atoms with van der Waals surface area (Å²) < 4.78 is 5.05. The van der Waals surface area contributed by atoms with E-state index in [0.29, 0.717) is 18.2 Å². The molecule has 0 aliphatic rings. The lowest BCUT2D eigenvalue weighted by Gasteiger charge is -2.12. The quantitative estimate of drug-likeness (QED) is 0.779. The maximum absolute atomic E-state index is 9.85. The largest absolute Gasteiger partial charge is 0.504 e. The minimum Gasteiger partial charge on any atom is -0.504 e. The smallest absolute Gasteiger partial charge is 0.160 e. The van der Waals surface area contributed by atoms with Gasteiger partial charge in [-0.25, -0.2) is 0 Å². The second kappa shape index (κ2) is 5.61. The Kier molecular flexibility index (Phi) is 4.43. The first-order chi connectivity index (χ1) is 7.19. The Balaban J connectivity index is 2.76. The summed E-state index contributed by atoms with van der Waals surface area (Å²) in [6.07, 6.45) is 1.80. The summed E-state index contributed by atoms with van der Waals surface area (Å²) in [6, 6.07) is 5.57. The van der Waals surface area contributed by atoms with Crippen molar-refractivity contribution in [3.63, 3.8) is 0 Å². The van der Waals surface area contributed by atoms with Crippen molar-refractivity contribution in [3.05, 3.63) is 23.8 Å². The fraction of sp³-hybridized carbons (Fsp3) is 0.500. The molecule has 0 fully saturated rings. The Hall–Kier alpha value is -1.22. The molecule has 1 aromatic rings. The average molecular weight is 209 g/mol. The fourth-order valence-corrected chi connectivity index (χ4v) is 1.66. The molecule has 84 valence electrons. The third-order valence-corrected chi connectivity index (χ3v) is 2.53. The number of phenols is 1. The zero-order valence-electron chi connectivity index (χ0n) is 9.36. The molecular formula is C12H19NO2. The van der Waals surface area contributed by atoms with Gasteiger partial charge in [-0.3, -0.25) is 0 Å². The topological polar surface area (TPSA) is 55.5 Å². The van der Waals surface area contributed by atoms with Gasteiger partial charge in [0.2, 0.25) is 0 Å². The number of hydrogen-bond acceptors (Lipinski definition) is 3. The van der Waals surface area contributed by atoms with Crippen molar-refractivity contribution in [3.8, 4) is 11.5 Å². The molecule has 1 unspecified atom stereocenters. The fourth-order valence-electron chi connectivity index (χ4n) is 1.66. The van der Waals surface area contributed by atoms with E-state index >= 15 is 0 Å². The van der Waals surface area contributed by atoms with E-state index in [1.807, 2.05) is 12.1 Å². The van der Waals surface area contributed by atoms with E-state index in [-0.39, 0.29) is 5.75 Å². The minimum atomic E-state index is 0.254. The molecule has 1 aromatic carbocycles. The summed E-state index contributed by atoms with van der Waals surface area (Å²) in [7, 11) is 1.56. The highest BCUT2D eigenvalue weighted by atomic mass is 16.5. The Bertz CT molecular complexity index is 312. The van der Waals surface area contributed by atoms with Crippen molar-refractivity contribution in [2.45, 2.75) is 19.8 Å². The molecule has 0 heterocycles. The molecule has 15 heavy (non-hydrogen) atoms. The molecule has 0 radical (unpaired) electrons. The van der Waals surface area contributed by atoms with Crippen molar-refractivity contribution in [2.75, 3.05) is 13.7 Å². The highest BCUT2D eigenvalue weighted by Gasteiger charge is 2.10. The van der Waals surface area contributed by atoms with Crippen LogP contribution < -0.4 is 10.5 Å². The van der Waals surface area contributed by atoms with Gasteiger partial charge in [-0.1, -0.05) is 19.1 Å². The van der Waals surface area contributed by atoms with Crippen LogP contribution in [0.3, 0.4) is 0 Å². The van der Waals surface area contributed by atoms with Gasteiger partial charge in [-0.05, 0) is 36.9 Å². The lowest BCUT2D eigenvalue weighted by molar-refractivity contribution is 0.368. The van der Waals surface area contributed by atoms with Gasteiger partial charge in [-0.15, -0.1) is 0 Å². The van der Waals surface area contributed by atoms with Gasteiger partial charge < -0.3 is 15.6 Å². The highest BCUT2D eigenvalue weighted by Crippen LogP contribution is 2.31. The third kappa shape index (κ3) is 3.13. The van der Waals surface area contributed by atoms with E-state index in [2.05, 4.69) is 6.92 Å². The number of hydrogen-bond donors (Lipinski definition) is 2. The van der Waals surface area contributed by atoms with Gasteiger partial charge in [0.15, 0.2) is 11.5 Å². The molecule has 3 N–H and O–H groups in total. The number of nitrogens with two attached hydrogens (primary N) is 1. The number of rotatable bonds is 5. The molecule has 0 saturated heterocycles. The first-order valence-corrected chi connectivity index (χ1v) is 5.24. The Morgan fingerprint density at radius 1 is 1.47 bits per heavy atom. The van der Waals surface area contributed by atoms with Crippen LogP contribution in [0.5, 0.6) is 11.5 Å². The van der Waals surface area contributed by atoms with Crippen molar-refractivity contribution in [2.24, 2.45) is 11.7 Å². The number of aromatic hydroxyl groups is 1. The standard InChI is InChI=1S/C12H19NO2/c1-9(6-7-13)8-10-4-3-5-11(15-2)12(10)14/h3-5,9,14H,6-8,13H2,1-2H3. The average Bonchev–Trinajstić information content (AvgIpc) is 2.21. The van der Waals surface area contributed by atoms with Gasteiger partial charge in [-0.2, -0.15) is 0 Å². The molecule has 0 amide bonds. The molecule has 0 bridgehead atoms. The third-order valence-electron chi connectivity index (χ3n) is 2.53. The van der Waals surface area contributed by atoms with Crippen LogP contribution in [0.4, 0.5) is 0 Å². The van der Waals surface area contributed by atoms with E-state index in [1.165, 1.54) is 0 Å². The highest BCUT2D eigenvalue weighted by molar-refractivity contribution is 5.45. The van der Waals surface area contributed by atoms with Crippen LogP contribution in [0.2, 0.25) is 0 Å².